The molecule has 44 valence electrons. The number of hydrogen-bond acceptors (Lipinski definition) is 2. The minimum atomic E-state index is -0.131. The maximum absolute atomic E-state index is 10.4. The van der Waals surface area contributed by atoms with Crippen LogP contribution in [0, 0.1) is 0 Å². The molecule has 0 saturated heterocycles. The van der Waals surface area contributed by atoms with E-state index < -0.39 is 0 Å². The van der Waals surface area contributed by atoms with Crippen molar-refractivity contribution in [2.24, 2.45) is 0 Å². The van der Waals surface area contributed by atoms with Crippen molar-refractivity contribution in [1.82, 2.24) is 0 Å². The predicted molar refractivity (Wildman–Crippen MR) is 29.1 cm³/mol. The van der Waals surface area contributed by atoms with Crippen molar-refractivity contribution in [3.8, 4) is 0 Å². The van der Waals surface area contributed by atoms with Gasteiger partial charge < -0.3 is 4.74 Å². The highest BCUT2D eigenvalue weighted by Crippen LogP contribution is 2.19. The summed E-state index contributed by atoms with van der Waals surface area (Å²) >= 11 is 0. The summed E-state index contributed by atoms with van der Waals surface area (Å²) < 4.78 is 4.73. The van der Waals surface area contributed by atoms with Gasteiger partial charge in [0.25, 0.3) is 0 Å². The average molecular weight is 112 g/mol. The fraction of sp³-hybridized carbons (Fsp3) is 0.500. The Kier molecular flexibility index (Phi) is 1.33. The molecule has 0 N–H and O–H groups in total. The highest BCUT2D eigenvalue weighted by Gasteiger charge is 2.11. The molecule has 0 aliphatic heterocycles. The number of carbonyl (C=O) groups is 1. The fourth-order valence-corrected chi connectivity index (χ4v) is 0.343. The van der Waals surface area contributed by atoms with Crippen molar-refractivity contribution < 1.29 is 9.53 Å². The molecule has 2 nitrogen and oxygen atoms in total. The van der Waals surface area contributed by atoms with E-state index in [0.29, 0.717) is 6.42 Å². The van der Waals surface area contributed by atoms with Crippen LogP contribution in [0.4, 0.5) is 0 Å². The molecule has 0 heterocycles. The van der Waals surface area contributed by atoms with Crippen LogP contribution in [-0.2, 0) is 9.53 Å². The van der Waals surface area contributed by atoms with Crippen LogP contribution in [0.1, 0.15) is 19.8 Å². The fourth-order valence-electron chi connectivity index (χ4n) is 0.343. The molecule has 2 heteroatoms. The highest BCUT2D eigenvalue weighted by molar-refractivity contribution is 5.70. The van der Waals surface area contributed by atoms with E-state index in [4.69, 9.17) is 4.74 Å². The maximum Gasteiger partial charge on any atom is 0.310 e. The van der Waals surface area contributed by atoms with E-state index in [0.717, 1.165) is 12.2 Å². The Morgan fingerprint density at radius 1 is 2.00 bits per heavy atom. The molecular weight excluding hydrogens is 104 g/mol. The molecule has 8 heavy (non-hydrogen) atoms. The zero-order valence-electron chi connectivity index (χ0n) is 4.81. The average Bonchev–Trinajstić information content (AvgIpc) is 2.50. The van der Waals surface area contributed by atoms with Crippen LogP contribution >= 0.6 is 0 Å². The van der Waals surface area contributed by atoms with Crippen molar-refractivity contribution in [2.45, 2.75) is 19.8 Å². The molecular formula is C6H8O2. The van der Waals surface area contributed by atoms with Crippen LogP contribution in [0.5, 0.6) is 0 Å². The Labute approximate surface area is 48.1 Å². The number of hydrogen-bond donors (Lipinski definition) is 0. The number of allylic oxidation sites excluding steroid dienone is 2. The Bertz CT molecular complexity index is 135. The van der Waals surface area contributed by atoms with Gasteiger partial charge in [-0.1, -0.05) is 6.92 Å². The Morgan fingerprint density at radius 3 is 3.00 bits per heavy atom. The quantitative estimate of drug-likeness (QED) is 0.502. The SMILES string of the molecule is CCC(=O)OC1=CC1. The summed E-state index contributed by atoms with van der Waals surface area (Å²) in [7, 11) is 0. The Hall–Kier alpha value is -0.790. The van der Waals surface area contributed by atoms with E-state index in [1.165, 1.54) is 0 Å². The van der Waals surface area contributed by atoms with E-state index in [1.54, 1.807) is 6.92 Å². The monoisotopic (exact) mass is 112 g/mol. The van der Waals surface area contributed by atoms with Gasteiger partial charge in [-0.3, -0.25) is 4.79 Å². The largest absolute Gasteiger partial charge is 0.431 e. The lowest BCUT2D eigenvalue weighted by atomic mass is 10.5. The Morgan fingerprint density at radius 2 is 2.62 bits per heavy atom. The molecule has 1 rings (SSSR count). The van der Waals surface area contributed by atoms with Crippen molar-refractivity contribution in [3.63, 3.8) is 0 Å². The van der Waals surface area contributed by atoms with Gasteiger partial charge in [0.15, 0.2) is 0 Å². The zero-order valence-corrected chi connectivity index (χ0v) is 4.81. The number of esters is 1. The molecule has 0 saturated carbocycles. The van der Waals surface area contributed by atoms with E-state index in [9.17, 15) is 4.79 Å². The van der Waals surface area contributed by atoms with E-state index in [1.807, 2.05) is 6.08 Å². The Balaban J connectivity index is 2.17. The van der Waals surface area contributed by atoms with E-state index in [2.05, 4.69) is 0 Å². The third-order valence-corrected chi connectivity index (χ3v) is 0.904. The molecule has 1 aliphatic carbocycles. The third kappa shape index (κ3) is 1.37. The molecule has 0 unspecified atom stereocenters. The molecule has 0 aromatic heterocycles. The van der Waals surface area contributed by atoms with Crippen molar-refractivity contribution >= 4 is 5.97 Å². The van der Waals surface area contributed by atoms with Gasteiger partial charge in [-0.25, -0.2) is 0 Å². The summed E-state index contributed by atoms with van der Waals surface area (Å²) in [5, 5.41) is 0. The molecule has 0 fully saturated rings. The second-order valence-electron chi connectivity index (χ2n) is 1.70. The summed E-state index contributed by atoms with van der Waals surface area (Å²) in [5.74, 6) is 0.700. The lowest BCUT2D eigenvalue weighted by Gasteiger charge is -1.92. The van der Waals surface area contributed by atoms with Crippen molar-refractivity contribution in [1.29, 1.82) is 0 Å². The van der Waals surface area contributed by atoms with Crippen molar-refractivity contribution in [3.05, 3.63) is 11.8 Å². The van der Waals surface area contributed by atoms with Gasteiger partial charge in [0.05, 0.1) is 0 Å². The van der Waals surface area contributed by atoms with E-state index in [-0.39, 0.29) is 5.97 Å². The van der Waals surface area contributed by atoms with Gasteiger partial charge in [-0.05, 0) is 6.08 Å². The topological polar surface area (TPSA) is 26.3 Å². The number of ether oxygens (including phenoxy) is 1. The van der Waals surface area contributed by atoms with E-state index >= 15 is 0 Å². The standard InChI is InChI=1S/C6H8O2/c1-2-6(7)8-5-3-4-5/h3H,2,4H2,1H3. The normalized spacial score (nSPS) is 14.9. The second kappa shape index (κ2) is 1.99. The molecule has 0 aromatic carbocycles. The highest BCUT2D eigenvalue weighted by atomic mass is 16.5. The van der Waals surface area contributed by atoms with Crippen molar-refractivity contribution in [2.75, 3.05) is 0 Å². The molecule has 0 aromatic rings. The minimum absolute atomic E-state index is 0.131. The van der Waals surface area contributed by atoms with Crippen LogP contribution in [0.2, 0.25) is 0 Å². The van der Waals surface area contributed by atoms with Crippen LogP contribution in [0.15, 0.2) is 11.8 Å². The number of rotatable bonds is 2. The first-order valence-electron chi connectivity index (χ1n) is 2.72. The van der Waals surface area contributed by atoms with Crippen LogP contribution in [0.25, 0.3) is 0 Å². The summed E-state index contributed by atoms with van der Waals surface area (Å²) in [6, 6.07) is 0. The first kappa shape index (κ1) is 5.35. The molecule has 0 radical (unpaired) electrons. The van der Waals surface area contributed by atoms with Gasteiger partial charge in [-0.15, -0.1) is 0 Å². The molecule has 0 bridgehead atoms. The first-order chi connectivity index (χ1) is 3.83. The lowest BCUT2D eigenvalue weighted by Crippen LogP contribution is -1.96. The van der Waals surface area contributed by atoms with Gasteiger partial charge in [0, 0.05) is 12.8 Å². The molecule has 0 amide bonds. The third-order valence-electron chi connectivity index (χ3n) is 0.904. The molecule has 0 spiro atoms. The summed E-state index contributed by atoms with van der Waals surface area (Å²) in [6.07, 6.45) is 3.22. The molecule has 1 aliphatic rings. The van der Waals surface area contributed by atoms with Crippen LogP contribution < -0.4 is 0 Å². The van der Waals surface area contributed by atoms with Gasteiger partial charge >= 0.3 is 5.97 Å². The molecule has 0 atom stereocenters. The summed E-state index contributed by atoms with van der Waals surface area (Å²) in [4.78, 5) is 10.4. The summed E-state index contributed by atoms with van der Waals surface area (Å²) in [5.41, 5.74) is 0. The predicted octanol–water partition coefficient (Wildman–Crippen LogP) is 1.23. The zero-order chi connectivity index (χ0) is 5.98. The maximum atomic E-state index is 10.4. The lowest BCUT2D eigenvalue weighted by molar-refractivity contribution is -0.138. The smallest absolute Gasteiger partial charge is 0.310 e. The van der Waals surface area contributed by atoms with Crippen LogP contribution in [0.3, 0.4) is 0 Å². The second-order valence-corrected chi connectivity index (χ2v) is 1.70. The first-order valence-corrected chi connectivity index (χ1v) is 2.72. The number of carbonyl (C=O) groups excluding carboxylic acids is 1. The van der Waals surface area contributed by atoms with Gasteiger partial charge in [-0.2, -0.15) is 0 Å². The van der Waals surface area contributed by atoms with Gasteiger partial charge in [0.2, 0.25) is 0 Å². The van der Waals surface area contributed by atoms with Crippen LogP contribution in [-0.4, -0.2) is 5.97 Å². The minimum Gasteiger partial charge on any atom is -0.431 e. The summed E-state index contributed by atoms with van der Waals surface area (Å²) in [6.45, 7) is 1.78. The van der Waals surface area contributed by atoms with Gasteiger partial charge in [0.1, 0.15) is 5.76 Å².